The van der Waals surface area contributed by atoms with Gasteiger partial charge < -0.3 is 14.8 Å². The number of benzene rings is 1. The summed E-state index contributed by atoms with van der Waals surface area (Å²) in [7, 11) is 1.48. The lowest BCUT2D eigenvalue weighted by Gasteiger charge is -2.07. The molecule has 0 atom stereocenters. The molecule has 0 radical (unpaired) electrons. The maximum Gasteiger partial charge on any atom is 0.330 e. The summed E-state index contributed by atoms with van der Waals surface area (Å²) in [5.41, 5.74) is 0. The van der Waals surface area contributed by atoms with Crippen LogP contribution in [0.4, 0.5) is 5.95 Å². The number of nitrogens with zero attached hydrogens (tertiary/aromatic N) is 3. The fourth-order valence-electron chi connectivity index (χ4n) is 1.32. The molecule has 100 valence electrons. The van der Waals surface area contributed by atoms with Crippen molar-refractivity contribution in [2.24, 2.45) is 0 Å². The van der Waals surface area contributed by atoms with Gasteiger partial charge in [0.15, 0.2) is 0 Å². The summed E-state index contributed by atoms with van der Waals surface area (Å²) in [6, 6.07) is 7.25. The summed E-state index contributed by atoms with van der Waals surface area (Å²) in [6.45, 7) is 2.63. The van der Waals surface area contributed by atoms with Crippen LogP contribution in [0.1, 0.15) is 6.92 Å². The second kappa shape index (κ2) is 6.19. The van der Waals surface area contributed by atoms with Gasteiger partial charge in [-0.3, -0.25) is 0 Å². The Morgan fingerprint density at radius 2 is 1.79 bits per heavy atom. The molecule has 0 amide bonds. The van der Waals surface area contributed by atoms with Gasteiger partial charge in [-0.25, -0.2) is 0 Å². The third kappa shape index (κ3) is 3.69. The second-order valence-electron chi connectivity index (χ2n) is 3.51. The molecule has 0 fully saturated rings. The van der Waals surface area contributed by atoms with E-state index >= 15 is 0 Å². The number of aromatic nitrogens is 3. The van der Waals surface area contributed by atoms with Gasteiger partial charge in [-0.05, 0) is 31.2 Å². The summed E-state index contributed by atoms with van der Waals surface area (Å²) in [4.78, 5) is 12.2. The first kappa shape index (κ1) is 13.4. The van der Waals surface area contributed by atoms with Crippen molar-refractivity contribution in [3.05, 3.63) is 29.3 Å². The normalized spacial score (nSPS) is 10.1. The molecule has 0 spiro atoms. The maximum atomic E-state index is 5.80. The second-order valence-corrected chi connectivity index (χ2v) is 3.95. The monoisotopic (exact) mass is 280 g/mol. The third-order valence-corrected chi connectivity index (χ3v) is 2.39. The molecule has 6 nitrogen and oxygen atoms in total. The number of rotatable bonds is 5. The number of hydrogen-bond donors (Lipinski definition) is 1. The van der Waals surface area contributed by atoms with Crippen molar-refractivity contribution >= 4 is 17.5 Å². The summed E-state index contributed by atoms with van der Waals surface area (Å²) < 4.78 is 10.5. The van der Waals surface area contributed by atoms with Gasteiger partial charge in [-0.15, -0.1) is 4.98 Å². The van der Waals surface area contributed by atoms with E-state index in [0.29, 0.717) is 23.3 Å². The average Bonchev–Trinajstić information content (AvgIpc) is 2.41. The van der Waals surface area contributed by atoms with Crippen LogP contribution >= 0.6 is 11.6 Å². The Hall–Kier alpha value is -2.08. The smallest absolute Gasteiger partial charge is 0.330 e. The maximum absolute atomic E-state index is 5.80. The lowest BCUT2D eigenvalue weighted by molar-refractivity contribution is 0.360. The number of anilines is 1. The Morgan fingerprint density at radius 3 is 2.42 bits per heavy atom. The van der Waals surface area contributed by atoms with Gasteiger partial charge in [0.1, 0.15) is 5.75 Å². The molecule has 1 aromatic heterocycles. The van der Waals surface area contributed by atoms with E-state index in [9.17, 15) is 0 Å². The van der Waals surface area contributed by atoms with Crippen LogP contribution in [0.2, 0.25) is 5.02 Å². The van der Waals surface area contributed by atoms with Gasteiger partial charge in [-0.2, -0.15) is 9.97 Å². The third-order valence-electron chi connectivity index (χ3n) is 2.13. The quantitative estimate of drug-likeness (QED) is 0.908. The Bertz CT molecular complexity index is 548. The van der Waals surface area contributed by atoms with Crippen LogP contribution in [0, 0.1) is 0 Å². The zero-order valence-electron chi connectivity index (χ0n) is 10.6. The Labute approximate surface area is 115 Å². The van der Waals surface area contributed by atoms with Crippen molar-refractivity contribution in [1.29, 1.82) is 0 Å². The van der Waals surface area contributed by atoms with Crippen LogP contribution in [0.15, 0.2) is 24.3 Å². The number of halogens is 1. The van der Waals surface area contributed by atoms with Gasteiger partial charge in [0.05, 0.1) is 7.11 Å². The zero-order chi connectivity index (χ0) is 13.7. The average molecular weight is 281 g/mol. The molecule has 7 heteroatoms. The molecule has 0 saturated heterocycles. The fraction of sp³-hybridized carbons (Fsp3) is 0.250. The van der Waals surface area contributed by atoms with Crippen LogP contribution in [-0.2, 0) is 0 Å². The van der Waals surface area contributed by atoms with Gasteiger partial charge in [-0.1, -0.05) is 11.6 Å². The van der Waals surface area contributed by atoms with Crippen molar-refractivity contribution in [1.82, 2.24) is 15.0 Å². The van der Waals surface area contributed by atoms with E-state index < -0.39 is 0 Å². The predicted octanol–water partition coefficient (Wildman–Crippen LogP) is 2.76. The van der Waals surface area contributed by atoms with E-state index in [1.807, 2.05) is 6.92 Å². The van der Waals surface area contributed by atoms with Gasteiger partial charge in [0, 0.05) is 11.6 Å². The molecule has 0 unspecified atom stereocenters. The van der Waals surface area contributed by atoms with Crippen LogP contribution in [0.25, 0.3) is 0 Å². The first-order valence-electron chi connectivity index (χ1n) is 5.68. The van der Waals surface area contributed by atoms with Crippen LogP contribution < -0.4 is 14.8 Å². The lowest BCUT2D eigenvalue weighted by atomic mass is 10.3. The SMILES string of the molecule is CCNc1nc(OC)nc(Oc2ccc(Cl)cc2)n1. The molecule has 1 N–H and O–H groups in total. The summed E-state index contributed by atoms with van der Waals surface area (Å²) in [5, 5.41) is 3.61. The highest BCUT2D eigenvalue weighted by molar-refractivity contribution is 6.30. The summed E-state index contributed by atoms with van der Waals surface area (Å²) >= 11 is 5.80. The summed E-state index contributed by atoms with van der Waals surface area (Å²) in [5.74, 6) is 0.985. The Kier molecular flexibility index (Phi) is 4.35. The molecule has 1 heterocycles. The van der Waals surface area contributed by atoms with Gasteiger partial charge in [0.25, 0.3) is 0 Å². The van der Waals surface area contributed by atoms with Gasteiger partial charge >= 0.3 is 12.0 Å². The fourth-order valence-corrected chi connectivity index (χ4v) is 1.45. The van der Waals surface area contributed by atoms with Crippen molar-refractivity contribution in [3.63, 3.8) is 0 Å². The first-order chi connectivity index (χ1) is 9.21. The molecule has 1 aromatic carbocycles. The van der Waals surface area contributed by atoms with Crippen molar-refractivity contribution in [2.45, 2.75) is 6.92 Å². The summed E-state index contributed by atoms with van der Waals surface area (Å²) in [6.07, 6.45) is 0. The topological polar surface area (TPSA) is 69.2 Å². The first-order valence-corrected chi connectivity index (χ1v) is 6.06. The van der Waals surface area contributed by atoms with Gasteiger partial charge in [0.2, 0.25) is 5.95 Å². The van der Waals surface area contributed by atoms with Crippen LogP contribution in [0.3, 0.4) is 0 Å². The number of hydrogen-bond acceptors (Lipinski definition) is 6. The Balaban J connectivity index is 2.23. The molecule has 0 aliphatic rings. The van der Waals surface area contributed by atoms with E-state index in [0.717, 1.165) is 0 Å². The van der Waals surface area contributed by atoms with Crippen LogP contribution in [-0.4, -0.2) is 28.6 Å². The molecule has 2 rings (SSSR count). The minimum absolute atomic E-state index is 0.158. The predicted molar refractivity (Wildman–Crippen MR) is 72.1 cm³/mol. The zero-order valence-corrected chi connectivity index (χ0v) is 11.3. The number of nitrogens with one attached hydrogen (secondary N) is 1. The minimum Gasteiger partial charge on any atom is -0.467 e. The number of ether oxygens (including phenoxy) is 2. The van der Waals surface area contributed by atoms with Crippen molar-refractivity contribution in [3.8, 4) is 17.8 Å². The van der Waals surface area contributed by atoms with Crippen molar-refractivity contribution < 1.29 is 9.47 Å². The standard InChI is InChI=1S/C12H13ClN4O2/c1-3-14-10-15-11(18-2)17-12(16-10)19-9-6-4-8(13)5-7-9/h4-7H,3H2,1-2H3,(H,14,15,16,17). The Morgan fingerprint density at radius 1 is 1.11 bits per heavy atom. The van der Waals surface area contributed by atoms with E-state index in [2.05, 4.69) is 20.3 Å². The molecule has 0 saturated carbocycles. The highest BCUT2D eigenvalue weighted by atomic mass is 35.5. The largest absolute Gasteiger partial charge is 0.467 e. The lowest BCUT2D eigenvalue weighted by Crippen LogP contribution is -2.06. The minimum atomic E-state index is 0.158. The van der Waals surface area contributed by atoms with E-state index in [1.165, 1.54) is 7.11 Å². The molecule has 2 aromatic rings. The molecular formula is C12H13ClN4O2. The van der Waals surface area contributed by atoms with E-state index in [-0.39, 0.29) is 12.0 Å². The molecule has 0 aliphatic heterocycles. The molecule has 0 bridgehead atoms. The molecular weight excluding hydrogens is 268 g/mol. The molecule has 19 heavy (non-hydrogen) atoms. The number of methoxy groups -OCH3 is 1. The van der Waals surface area contributed by atoms with Crippen LogP contribution in [0.5, 0.6) is 17.8 Å². The van der Waals surface area contributed by atoms with E-state index in [1.54, 1.807) is 24.3 Å². The van der Waals surface area contributed by atoms with Crippen molar-refractivity contribution in [2.75, 3.05) is 19.0 Å². The highest BCUT2D eigenvalue weighted by Gasteiger charge is 2.08. The highest BCUT2D eigenvalue weighted by Crippen LogP contribution is 2.22. The van der Waals surface area contributed by atoms with E-state index in [4.69, 9.17) is 21.1 Å². The molecule has 0 aliphatic carbocycles.